The topological polar surface area (TPSA) is 394 Å². The van der Waals surface area contributed by atoms with Crippen molar-refractivity contribution in [3.05, 3.63) is 25.3 Å². The largest absolute Gasteiger partial charge is 0.490 e. The molecule has 2 saturated heterocycles. The fraction of sp³-hybridized carbons (Fsp3) is 0.500. The van der Waals surface area contributed by atoms with Crippen LogP contribution in [0.1, 0.15) is 25.3 Å². The maximum Gasteiger partial charge on any atom is 0.490 e. The third-order valence-corrected chi connectivity index (χ3v) is 13.0. The number of rotatable bonds is 14. The van der Waals surface area contributed by atoms with Gasteiger partial charge in [-0.25, -0.2) is 48.2 Å². The minimum atomic E-state index is -6.06. The summed E-state index contributed by atoms with van der Waals surface area (Å²) in [5, 5.41) is 20.9. The molecule has 0 amide bonds. The Hall–Kier alpha value is -2.90. The van der Waals surface area contributed by atoms with E-state index in [1.54, 1.807) is 0 Å². The molecule has 2 aliphatic rings. The number of nitrogens with zero attached hydrogens (tertiary/aromatic N) is 8. The van der Waals surface area contributed by atoms with Gasteiger partial charge in [0.25, 0.3) is 0 Å². The Bertz CT molecular complexity index is 1970. The van der Waals surface area contributed by atoms with Gasteiger partial charge < -0.3 is 50.7 Å². The van der Waals surface area contributed by atoms with E-state index < -0.39 is 81.4 Å². The predicted octanol–water partition coefficient (Wildman–Crippen LogP) is -0.388. The monoisotopic (exact) mass is 804 g/mol. The summed E-state index contributed by atoms with van der Waals surface area (Å²) in [6.45, 7) is -1.65. The van der Waals surface area contributed by atoms with Crippen molar-refractivity contribution in [2.24, 2.45) is 0 Å². The van der Waals surface area contributed by atoms with E-state index in [0.29, 0.717) is 0 Å². The lowest BCUT2D eigenvalue weighted by molar-refractivity contribution is -0.0482. The predicted molar refractivity (Wildman–Crippen MR) is 163 cm³/mol. The van der Waals surface area contributed by atoms with Crippen LogP contribution in [-0.4, -0.2) is 106 Å². The van der Waals surface area contributed by atoms with Gasteiger partial charge in [0.2, 0.25) is 0 Å². The number of hydrogen-bond donors (Lipinski definition) is 8. The number of anilines is 2. The Morgan fingerprint density at radius 3 is 1.41 bits per heavy atom. The van der Waals surface area contributed by atoms with Gasteiger partial charge in [0.15, 0.2) is 35.4 Å². The first kappa shape index (κ1) is 37.8. The Balaban J connectivity index is 0.984. The summed E-state index contributed by atoms with van der Waals surface area (Å²) in [5.41, 5.74) is 12.3. The minimum Gasteiger partial charge on any atom is -0.388 e. The Labute approximate surface area is 283 Å². The number of aliphatic hydroxyl groups excluding tert-OH is 2. The number of phosphoric ester groups is 2. The lowest BCUT2D eigenvalue weighted by Crippen LogP contribution is -2.19. The minimum absolute atomic E-state index is 0.0595. The van der Waals surface area contributed by atoms with Crippen LogP contribution in [0.5, 0.6) is 0 Å². The number of phosphoric acid groups is 4. The Morgan fingerprint density at radius 2 is 1.02 bits per heavy atom. The summed E-state index contributed by atoms with van der Waals surface area (Å²) in [4.78, 5) is 63.4. The number of nitrogens with two attached hydrogens (primary N) is 2. The summed E-state index contributed by atoms with van der Waals surface area (Å²) in [7, 11) is -23.3. The molecule has 10 N–H and O–H groups in total. The van der Waals surface area contributed by atoms with Crippen LogP contribution in [0.25, 0.3) is 22.3 Å². The van der Waals surface area contributed by atoms with Crippen LogP contribution in [-0.2, 0) is 49.7 Å². The van der Waals surface area contributed by atoms with E-state index in [-0.39, 0.29) is 46.8 Å². The van der Waals surface area contributed by atoms with Crippen molar-refractivity contribution in [1.29, 1.82) is 0 Å². The smallest absolute Gasteiger partial charge is 0.388 e. The standard InChI is InChI=1S/C20H28N10O17P4/c21-15-13-17(25-5-23-15)29(7-27-13)19-11(31)1-9(43-19)3-41-48(33,34)45-50(37,38)47-51(39,40)46-49(35,36)42-4-10-2-12(32)20(44-10)30-8-28-14-16(22)24-6-26-18(14)30/h5-12,19-20,31-32H,1-4H2,(H,33,34)(H,35,36)(H,37,38)(H,39,40)(H2,21,23,25)(H2,22,24,26)/t9-,10-,11+,12+,19+,20+/m0/s1. The van der Waals surface area contributed by atoms with Crippen LogP contribution in [0.3, 0.4) is 0 Å². The molecule has 0 spiro atoms. The summed E-state index contributed by atoms with van der Waals surface area (Å²) in [6.07, 6.45) is -2.41. The molecule has 2 aliphatic heterocycles. The fourth-order valence-electron chi connectivity index (χ4n) is 5.11. The maximum absolute atomic E-state index is 12.4. The number of hydrogen-bond acceptors (Lipinski definition) is 21. The zero-order valence-electron chi connectivity index (χ0n) is 25.3. The van der Waals surface area contributed by atoms with Gasteiger partial charge in [-0.3, -0.25) is 18.2 Å². The molecule has 27 nitrogen and oxygen atoms in total. The second-order valence-electron chi connectivity index (χ2n) is 10.8. The molecule has 0 saturated carbocycles. The van der Waals surface area contributed by atoms with E-state index in [4.69, 9.17) is 20.9 Å². The highest BCUT2D eigenvalue weighted by atomic mass is 31.3. The van der Waals surface area contributed by atoms with Gasteiger partial charge in [-0.05, 0) is 0 Å². The maximum atomic E-state index is 12.4. The van der Waals surface area contributed by atoms with Crippen molar-refractivity contribution in [2.45, 2.75) is 49.7 Å². The van der Waals surface area contributed by atoms with Crippen molar-refractivity contribution in [1.82, 2.24) is 39.0 Å². The second-order valence-corrected chi connectivity index (χ2v) is 17.0. The van der Waals surface area contributed by atoms with Crippen molar-refractivity contribution >= 4 is 65.3 Å². The lowest BCUT2D eigenvalue weighted by Gasteiger charge is -2.21. The van der Waals surface area contributed by atoms with Gasteiger partial charge in [0.05, 0.1) is 38.1 Å². The average Bonchev–Trinajstić information content (AvgIpc) is 3.79. The van der Waals surface area contributed by atoms with E-state index in [1.807, 2.05) is 0 Å². The zero-order chi connectivity index (χ0) is 36.9. The van der Waals surface area contributed by atoms with Crippen LogP contribution in [0.4, 0.5) is 11.6 Å². The highest BCUT2D eigenvalue weighted by Gasteiger charge is 2.47. The van der Waals surface area contributed by atoms with Crippen LogP contribution in [0, 0.1) is 0 Å². The Kier molecular flexibility index (Phi) is 10.5. The second kappa shape index (κ2) is 14.2. The molecule has 6 heterocycles. The molecule has 280 valence electrons. The van der Waals surface area contributed by atoms with E-state index in [2.05, 4.69) is 51.9 Å². The van der Waals surface area contributed by atoms with Crippen molar-refractivity contribution < 1.29 is 79.5 Å². The van der Waals surface area contributed by atoms with Gasteiger partial charge in [0, 0.05) is 12.8 Å². The fourth-order valence-corrected chi connectivity index (χ4v) is 10.1. The molecule has 2 fully saturated rings. The highest BCUT2D eigenvalue weighted by Crippen LogP contribution is 2.71. The van der Waals surface area contributed by atoms with Gasteiger partial charge in [-0.2, -0.15) is 12.9 Å². The SMILES string of the molecule is Nc1ncnc2c1ncn2[C@@H]1O[C@H](COP(=O)(O)OP(=O)(O)OP(=O)(O)OP(=O)(O)OC[C@@H]2C[C@@H](O)[C@H](n3cnc4c(N)ncnc43)O2)C[C@H]1O. The van der Waals surface area contributed by atoms with E-state index in [0.717, 1.165) is 12.7 Å². The molecule has 0 radical (unpaired) electrons. The first-order chi connectivity index (χ1) is 23.8. The molecule has 4 unspecified atom stereocenters. The summed E-state index contributed by atoms with van der Waals surface area (Å²) in [6, 6.07) is 0. The van der Waals surface area contributed by atoms with E-state index >= 15 is 0 Å². The van der Waals surface area contributed by atoms with Gasteiger partial charge in [-0.15, -0.1) is 0 Å². The number of ether oxygens (including phenoxy) is 2. The van der Waals surface area contributed by atoms with Crippen molar-refractivity contribution in [2.75, 3.05) is 24.7 Å². The highest BCUT2D eigenvalue weighted by molar-refractivity contribution is 7.69. The van der Waals surface area contributed by atoms with Crippen LogP contribution in [0.2, 0.25) is 0 Å². The quantitative estimate of drug-likeness (QED) is 0.0752. The molecule has 0 aromatic carbocycles. The van der Waals surface area contributed by atoms with Gasteiger partial charge in [-0.1, -0.05) is 0 Å². The van der Waals surface area contributed by atoms with E-state index in [1.165, 1.54) is 21.8 Å². The number of nitrogen functional groups attached to an aromatic ring is 2. The molecule has 10 atom stereocenters. The van der Waals surface area contributed by atoms with Gasteiger partial charge in [0.1, 0.15) is 35.9 Å². The van der Waals surface area contributed by atoms with Crippen LogP contribution >= 0.6 is 31.3 Å². The molecular formula is C20H28N10O17P4. The number of fused-ring (bicyclic) bond motifs is 2. The summed E-state index contributed by atoms with van der Waals surface area (Å²) >= 11 is 0. The molecule has 4 aromatic rings. The number of imidazole rings is 2. The molecule has 31 heteroatoms. The summed E-state index contributed by atoms with van der Waals surface area (Å²) < 4.78 is 84.3. The molecule has 6 rings (SSSR count). The van der Waals surface area contributed by atoms with E-state index in [9.17, 15) is 48.0 Å². The molecular weight excluding hydrogens is 776 g/mol. The lowest BCUT2D eigenvalue weighted by atomic mass is 10.2. The third-order valence-electron chi connectivity index (χ3n) is 7.12. The first-order valence-electron chi connectivity index (χ1n) is 14.1. The van der Waals surface area contributed by atoms with Crippen LogP contribution < -0.4 is 11.5 Å². The normalized spacial score (nSPS) is 28.7. The number of aliphatic hydroxyl groups is 2. The molecule has 4 aromatic heterocycles. The van der Waals surface area contributed by atoms with Crippen LogP contribution in [0.15, 0.2) is 25.3 Å². The molecule has 0 aliphatic carbocycles. The van der Waals surface area contributed by atoms with Crippen molar-refractivity contribution in [3.63, 3.8) is 0 Å². The Morgan fingerprint density at radius 1 is 0.647 bits per heavy atom. The van der Waals surface area contributed by atoms with Gasteiger partial charge >= 0.3 is 31.3 Å². The zero-order valence-corrected chi connectivity index (χ0v) is 28.9. The molecule has 0 bridgehead atoms. The number of aromatic nitrogens is 8. The summed E-state index contributed by atoms with van der Waals surface area (Å²) in [5.74, 6) is 0.119. The first-order valence-corrected chi connectivity index (χ1v) is 20.1. The average molecular weight is 804 g/mol. The molecule has 51 heavy (non-hydrogen) atoms. The third kappa shape index (κ3) is 8.67. The van der Waals surface area contributed by atoms with Crippen molar-refractivity contribution in [3.8, 4) is 0 Å².